The van der Waals surface area contributed by atoms with Crippen molar-refractivity contribution in [2.75, 3.05) is 6.61 Å². The summed E-state index contributed by atoms with van der Waals surface area (Å²) < 4.78 is 5.07. The number of hydrogen-bond donors (Lipinski definition) is 1. The van der Waals surface area contributed by atoms with E-state index in [1.165, 1.54) is 23.8 Å². The molecule has 1 aromatic carbocycles. The molecule has 25 heavy (non-hydrogen) atoms. The van der Waals surface area contributed by atoms with Crippen LogP contribution in [0.3, 0.4) is 0 Å². The van der Waals surface area contributed by atoms with E-state index in [2.05, 4.69) is 12.1 Å². The molecule has 2 aromatic rings. The van der Waals surface area contributed by atoms with E-state index in [0.717, 1.165) is 28.8 Å². The number of nitriles is 1. The van der Waals surface area contributed by atoms with Gasteiger partial charge < -0.3 is 10.5 Å². The number of carbonyl (C=O) groups excluding carboxylic acids is 2. The molecule has 1 aliphatic carbocycles. The van der Waals surface area contributed by atoms with Crippen molar-refractivity contribution >= 4 is 23.1 Å². The number of carbonyl (C=O) groups is 2. The Hall–Kier alpha value is -2.91. The number of rotatable bonds is 4. The minimum atomic E-state index is -0.595. The second-order valence-electron chi connectivity index (χ2n) is 5.79. The van der Waals surface area contributed by atoms with Crippen molar-refractivity contribution in [2.24, 2.45) is 5.73 Å². The maximum Gasteiger partial charge on any atom is 0.348 e. The van der Waals surface area contributed by atoms with Crippen molar-refractivity contribution in [1.82, 2.24) is 0 Å². The average molecular weight is 352 g/mol. The van der Waals surface area contributed by atoms with Crippen molar-refractivity contribution in [3.63, 3.8) is 0 Å². The van der Waals surface area contributed by atoms with Gasteiger partial charge in [0.25, 0.3) is 0 Å². The van der Waals surface area contributed by atoms with E-state index in [1.54, 1.807) is 6.07 Å². The highest BCUT2D eigenvalue weighted by molar-refractivity contribution is 7.17. The van der Waals surface area contributed by atoms with Crippen molar-refractivity contribution in [3.05, 3.63) is 57.6 Å². The summed E-state index contributed by atoms with van der Waals surface area (Å²) in [5.41, 5.74) is 8.96. The molecule has 126 valence electrons. The lowest BCUT2D eigenvalue weighted by Gasteiger charge is -2.15. The highest BCUT2D eigenvalue weighted by atomic mass is 32.1. The van der Waals surface area contributed by atoms with E-state index < -0.39 is 18.4 Å². The molecular formula is C19H16N2O3S. The SMILES string of the molecule is C/C(N)=C(/C#N)C(=O)COC(=O)c1cc2c(s1)-c1ccccc1CC2. The highest BCUT2D eigenvalue weighted by Gasteiger charge is 2.23. The molecule has 0 amide bonds. The maximum absolute atomic E-state index is 12.3. The van der Waals surface area contributed by atoms with Crippen LogP contribution in [0.15, 0.2) is 41.6 Å². The van der Waals surface area contributed by atoms with E-state index in [0.29, 0.717) is 4.88 Å². The molecule has 0 radical (unpaired) electrons. The molecule has 0 bridgehead atoms. The van der Waals surface area contributed by atoms with Crippen LogP contribution in [0.25, 0.3) is 10.4 Å². The average Bonchev–Trinajstić information content (AvgIpc) is 3.04. The fourth-order valence-corrected chi connectivity index (χ4v) is 3.98. The molecule has 0 fully saturated rings. The maximum atomic E-state index is 12.3. The van der Waals surface area contributed by atoms with E-state index in [1.807, 2.05) is 18.2 Å². The Kier molecular flexibility index (Phi) is 4.68. The number of nitrogens with two attached hydrogens (primary N) is 1. The number of thiophene rings is 1. The van der Waals surface area contributed by atoms with Crippen LogP contribution in [0, 0.1) is 11.3 Å². The van der Waals surface area contributed by atoms with Crippen molar-refractivity contribution in [3.8, 4) is 16.5 Å². The number of ketones is 1. The zero-order valence-corrected chi connectivity index (χ0v) is 14.5. The van der Waals surface area contributed by atoms with Gasteiger partial charge in [-0.25, -0.2) is 4.79 Å². The molecule has 1 aromatic heterocycles. The molecule has 0 unspecified atom stereocenters. The third-order valence-corrected chi connectivity index (χ3v) is 5.25. The van der Waals surface area contributed by atoms with Gasteiger partial charge >= 0.3 is 5.97 Å². The van der Waals surface area contributed by atoms with Gasteiger partial charge in [-0.1, -0.05) is 24.3 Å². The van der Waals surface area contributed by atoms with Gasteiger partial charge in [-0.2, -0.15) is 5.26 Å². The number of benzene rings is 1. The molecular weight excluding hydrogens is 336 g/mol. The number of fused-ring (bicyclic) bond motifs is 3. The van der Waals surface area contributed by atoms with Crippen LogP contribution in [0.2, 0.25) is 0 Å². The summed E-state index contributed by atoms with van der Waals surface area (Å²) in [4.78, 5) is 25.7. The number of hydrogen-bond acceptors (Lipinski definition) is 6. The van der Waals surface area contributed by atoms with Gasteiger partial charge in [0.15, 0.2) is 6.61 Å². The van der Waals surface area contributed by atoms with E-state index >= 15 is 0 Å². The Bertz CT molecular complexity index is 930. The molecule has 1 heterocycles. The third-order valence-electron chi connectivity index (χ3n) is 4.06. The molecule has 0 aliphatic heterocycles. The van der Waals surface area contributed by atoms with Crippen molar-refractivity contribution in [2.45, 2.75) is 19.8 Å². The highest BCUT2D eigenvalue weighted by Crippen LogP contribution is 2.39. The molecule has 1 aliphatic rings. The lowest BCUT2D eigenvalue weighted by molar-refractivity contribution is -0.118. The molecule has 6 heteroatoms. The van der Waals surface area contributed by atoms with Gasteiger partial charge in [0.05, 0.1) is 0 Å². The van der Waals surface area contributed by atoms with Crippen LogP contribution in [-0.4, -0.2) is 18.4 Å². The topological polar surface area (TPSA) is 93.2 Å². The Balaban J connectivity index is 1.76. The Labute approximate surface area is 149 Å². The second-order valence-corrected chi connectivity index (χ2v) is 6.84. The summed E-state index contributed by atoms with van der Waals surface area (Å²) in [6, 6.07) is 11.7. The predicted molar refractivity (Wildman–Crippen MR) is 95.0 cm³/mol. The van der Waals surface area contributed by atoms with E-state index in [9.17, 15) is 9.59 Å². The van der Waals surface area contributed by atoms with Crippen LogP contribution in [0.4, 0.5) is 0 Å². The molecule has 3 rings (SSSR count). The molecule has 0 atom stereocenters. The zero-order chi connectivity index (χ0) is 18.0. The normalized spacial score (nSPS) is 13.1. The zero-order valence-electron chi connectivity index (χ0n) is 13.7. The van der Waals surface area contributed by atoms with Crippen LogP contribution >= 0.6 is 11.3 Å². The van der Waals surface area contributed by atoms with Gasteiger partial charge in [0, 0.05) is 10.6 Å². The summed E-state index contributed by atoms with van der Waals surface area (Å²) in [5, 5.41) is 8.91. The molecule has 2 N–H and O–H groups in total. The molecule has 0 saturated heterocycles. The number of esters is 1. The lowest BCUT2D eigenvalue weighted by Crippen LogP contribution is -2.17. The largest absolute Gasteiger partial charge is 0.453 e. The van der Waals surface area contributed by atoms with Crippen molar-refractivity contribution < 1.29 is 14.3 Å². The van der Waals surface area contributed by atoms with Gasteiger partial charge in [-0.05, 0) is 42.5 Å². The quantitative estimate of drug-likeness (QED) is 0.519. The van der Waals surface area contributed by atoms with Gasteiger partial charge in [-0.15, -0.1) is 11.3 Å². The lowest BCUT2D eigenvalue weighted by atomic mass is 9.91. The molecule has 0 spiro atoms. The second kappa shape index (κ2) is 6.91. The van der Waals surface area contributed by atoms with E-state index in [4.69, 9.17) is 15.7 Å². The minimum Gasteiger partial charge on any atom is -0.453 e. The number of ether oxygens (including phenoxy) is 1. The number of aryl methyl sites for hydroxylation is 2. The number of allylic oxidation sites excluding steroid dienone is 1. The first kappa shape index (κ1) is 16.9. The smallest absolute Gasteiger partial charge is 0.348 e. The van der Waals surface area contributed by atoms with Gasteiger partial charge in [0.1, 0.15) is 16.5 Å². The summed E-state index contributed by atoms with van der Waals surface area (Å²) in [6.07, 6.45) is 1.82. The van der Waals surface area contributed by atoms with Gasteiger partial charge in [-0.3, -0.25) is 4.79 Å². The summed E-state index contributed by atoms with van der Waals surface area (Å²) >= 11 is 1.37. The van der Waals surface area contributed by atoms with E-state index in [-0.39, 0.29) is 11.3 Å². The summed E-state index contributed by atoms with van der Waals surface area (Å²) in [7, 11) is 0. The van der Waals surface area contributed by atoms with Gasteiger partial charge in [0.2, 0.25) is 5.78 Å². The summed E-state index contributed by atoms with van der Waals surface area (Å²) in [6.45, 7) is 0.971. The molecule has 5 nitrogen and oxygen atoms in total. The Morgan fingerprint density at radius 2 is 2.00 bits per heavy atom. The van der Waals surface area contributed by atoms with Crippen molar-refractivity contribution in [1.29, 1.82) is 5.26 Å². The monoisotopic (exact) mass is 352 g/mol. The number of nitrogens with zero attached hydrogens (tertiary/aromatic N) is 1. The predicted octanol–water partition coefficient (Wildman–Crippen LogP) is 3.00. The molecule has 0 saturated carbocycles. The first-order valence-corrected chi connectivity index (χ1v) is 8.60. The number of Topliss-reactive ketones (excluding diaryl/α,β-unsaturated/α-hetero) is 1. The standard InChI is InChI=1S/C19H16N2O3S/c1-11(21)15(9-20)16(22)10-24-19(23)17-8-13-7-6-12-4-2-3-5-14(12)18(13)25-17/h2-5,8H,6-7,10,21H2,1H3/b15-11+. The third kappa shape index (κ3) is 3.32. The Morgan fingerprint density at radius 1 is 1.28 bits per heavy atom. The fraction of sp³-hybridized carbons (Fsp3) is 0.211. The van der Waals surface area contributed by atoms with Crippen LogP contribution in [0.1, 0.15) is 27.7 Å². The first-order valence-electron chi connectivity index (χ1n) is 7.79. The Morgan fingerprint density at radius 3 is 2.72 bits per heavy atom. The summed E-state index contributed by atoms with van der Waals surface area (Å²) in [5.74, 6) is -1.15. The minimum absolute atomic E-state index is 0.117. The first-order chi connectivity index (χ1) is 12.0. The van der Waals surface area contributed by atoms with Crippen LogP contribution in [0.5, 0.6) is 0 Å². The van der Waals surface area contributed by atoms with Crippen LogP contribution in [-0.2, 0) is 22.4 Å². The fourth-order valence-electron chi connectivity index (χ4n) is 2.82. The van der Waals surface area contributed by atoms with Crippen LogP contribution < -0.4 is 5.73 Å².